The molecule has 0 aliphatic heterocycles. The van der Waals surface area contributed by atoms with Crippen LogP contribution in [0, 0.1) is 0 Å². The van der Waals surface area contributed by atoms with Crippen LogP contribution in [0.5, 0.6) is 0 Å². The Morgan fingerprint density at radius 3 is 1.94 bits per heavy atom. The van der Waals surface area contributed by atoms with Crippen molar-refractivity contribution in [1.82, 2.24) is 9.13 Å². The summed E-state index contributed by atoms with van der Waals surface area (Å²) in [7, 11) is 0. The summed E-state index contributed by atoms with van der Waals surface area (Å²) in [6, 6.07) is 58.0. The minimum absolute atomic E-state index is 1.08. The molecule has 0 saturated carbocycles. The van der Waals surface area contributed by atoms with Gasteiger partial charge in [-0.25, -0.2) is 0 Å². The Morgan fingerprint density at radius 1 is 0.404 bits per heavy atom. The molecule has 0 amide bonds. The van der Waals surface area contributed by atoms with Crippen LogP contribution in [0.1, 0.15) is 11.1 Å². The molecular formula is C50H32N2. The van der Waals surface area contributed by atoms with Crippen molar-refractivity contribution in [3.63, 3.8) is 0 Å². The van der Waals surface area contributed by atoms with Crippen molar-refractivity contribution < 1.29 is 0 Å². The van der Waals surface area contributed by atoms with E-state index in [0.29, 0.717) is 0 Å². The first-order valence-corrected chi connectivity index (χ1v) is 17.8. The van der Waals surface area contributed by atoms with Crippen LogP contribution in [0.25, 0.3) is 111 Å². The monoisotopic (exact) mass is 660 g/mol. The lowest BCUT2D eigenvalue weighted by atomic mass is 9.99. The molecule has 2 nitrogen and oxygen atoms in total. The first kappa shape index (κ1) is 28.9. The molecule has 1 aliphatic rings. The van der Waals surface area contributed by atoms with Crippen molar-refractivity contribution in [1.29, 1.82) is 0 Å². The molecule has 10 aromatic rings. The van der Waals surface area contributed by atoms with E-state index in [-0.39, 0.29) is 0 Å². The fourth-order valence-corrected chi connectivity index (χ4v) is 8.91. The molecule has 0 fully saturated rings. The third-order valence-corrected chi connectivity index (χ3v) is 11.2. The molecule has 2 aromatic heterocycles. The summed E-state index contributed by atoms with van der Waals surface area (Å²) >= 11 is 0. The van der Waals surface area contributed by atoms with Crippen LogP contribution in [0.3, 0.4) is 0 Å². The van der Waals surface area contributed by atoms with E-state index in [1.807, 2.05) is 12.2 Å². The summed E-state index contributed by atoms with van der Waals surface area (Å²) in [5, 5.41) is 7.56. The molecule has 8 aromatic carbocycles. The molecule has 242 valence electrons. The summed E-state index contributed by atoms with van der Waals surface area (Å²) in [5.41, 5.74) is 16.8. The maximum atomic E-state index is 4.22. The van der Waals surface area contributed by atoms with Crippen LogP contribution in [0.4, 0.5) is 0 Å². The quantitative estimate of drug-likeness (QED) is 0.174. The summed E-state index contributed by atoms with van der Waals surface area (Å²) in [6.45, 7) is 8.32. The van der Waals surface area contributed by atoms with Crippen LogP contribution >= 0.6 is 0 Å². The third-order valence-electron chi connectivity index (χ3n) is 11.2. The minimum atomic E-state index is 1.08. The minimum Gasteiger partial charge on any atom is -0.309 e. The highest BCUT2D eigenvalue weighted by atomic mass is 15.0. The van der Waals surface area contributed by atoms with E-state index in [1.54, 1.807) is 0 Å². The molecule has 11 rings (SSSR count). The van der Waals surface area contributed by atoms with E-state index in [2.05, 4.69) is 180 Å². The molecule has 0 spiro atoms. The van der Waals surface area contributed by atoms with Gasteiger partial charge in [-0.15, -0.1) is 0 Å². The normalized spacial score (nSPS) is 12.0. The topological polar surface area (TPSA) is 9.86 Å². The molecule has 2 heteroatoms. The Morgan fingerprint density at radius 2 is 1.12 bits per heavy atom. The van der Waals surface area contributed by atoms with Crippen molar-refractivity contribution in [3.8, 4) is 44.8 Å². The van der Waals surface area contributed by atoms with Gasteiger partial charge in [0.15, 0.2) is 0 Å². The average Bonchev–Trinajstić information content (AvgIpc) is 3.83. The smallest absolute Gasteiger partial charge is 0.0619 e. The van der Waals surface area contributed by atoms with Crippen LogP contribution in [-0.2, 0) is 0 Å². The Balaban J connectivity index is 1.14. The highest BCUT2D eigenvalue weighted by Crippen LogP contribution is 2.48. The van der Waals surface area contributed by atoms with Crippen molar-refractivity contribution in [2.75, 3.05) is 0 Å². The highest BCUT2D eigenvalue weighted by Gasteiger charge is 2.23. The number of nitrogens with zero attached hydrogens (tertiary/aromatic N) is 2. The fraction of sp³-hybridized carbons (Fsp3) is 0. The molecular weight excluding hydrogens is 629 g/mol. The lowest BCUT2D eigenvalue weighted by Gasteiger charge is -2.12. The molecule has 2 heterocycles. The Bertz CT molecular complexity index is 3150. The number of hydrogen-bond acceptors (Lipinski definition) is 0. The lowest BCUT2D eigenvalue weighted by Crippen LogP contribution is -1.96. The van der Waals surface area contributed by atoms with Gasteiger partial charge in [-0.1, -0.05) is 135 Å². The molecule has 0 bridgehead atoms. The summed E-state index contributed by atoms with van der Waals surface area (Å²) in [6.07, 6.45) is 3.88. The van der Waals surface area contributed by atoms with Gasteiger partial charge < -0.3 is 9.13 Å². The second-order valence-corrected chi connectivity index (χ2v) is 13.8. The Hall–Kier alpha value is -6.90. The first-order valence-electron chi connectivity index (χ1n) is 17.8. The van der Waals surface area contributed by atoms with E-state index in [1.165, 1.54) is 87.9 Å². The zero-order valence-electron chi connectivity index (χ0n) is 28.5. The van der Waals surface area contributed by atoms with E-state index in [4.69, 9.17) is 0 Å². The van der Waals surface area contributed by atoms with Crippen LogP contribution in [0.2, 0.25) is 0 Å². The summed E-state index contributed by atoms with van der Waals surface area (Å²) < 4.78 is 4.82. The maximum absolute atomic E-state index is 4.22. The summed E-state index contributed by atoms with van der Waals surface area (Å²) in [5.74, 6) is 0. The predicted molar refractivity (Wildman–Crippen MR) is 223 cm³/mol. The average molecular weight is 661 g/mol. The maximum Gasteiger partial charge on any atom is 0.0619 e. The van der Waals surface area contributed by atoms with Crippen molar-refractivity contribution in [3.05, 3.63) is 182 Å². The van der Waals surface area contributed by atoms with Gasteiger partial charge in [-0.3, -0.25) is 0 Å². The third kappa shape index (κ3) is 3.89. The van der Waals surface area contributed by atoms with Gasteiger partial charge in [-0.05, 0) is 98.2 Å². The number of hydrogen-bond donors (Lipinski definition) is 0. The molecule has 0 atom stereocenters. The summed E-state index contributed by atoms with van der Waals surface area (Å²) in [4.78, 5) is 0. The van der Waals surface area contributed by atoms with Gasteiger partial charge >= 0.3 is 0 Å². The Kier molecular flexibility index (Phi) is 6.00. The largest absolute Gasteiger partial charge is 0.309 e. The van der Waals surface area contributed by atoms with Gasteiger partial charge in [0.05, 0.1) is 22.1 Å². The van der Waals surface area contributed by atoms with E-state index < -0.39 is 0 Å². The van der Waals surface area contributed by atoms with Gasteiger partial charge in [0, 0.05) is 38.5 Å². The predicted octanol–water partition coefficient (Wildman–Crippen LogP) is 13.6. The zero-order valence-corrected chi connectivity index (χ0v) is 28.5. The van der Waals surface area contributed by atoms with E-state index in [0.717, 1.165) is 22.3 Å². The van der Waals surface area contributed by atoms with Gasteiger partial charge in [-0.2, -0.15) is 0 Å². The van der Waals surface area contributed by atoms with Crippen LogP contribution in [0.15, 0.2) is 171 Å². The molecule has 0 saturated heterocycles. The van der Waals surface area contributed by atoms with Crippen LogP contribution < -0.4 is 0 Å². The SMILES string of the molecule is C=Cc1ccc2c3cc(-c4ccc5c6ccccc6n(-c6ccc7c(c6)-c6cccc8cccc-7c68)c5c4)ccc3n(-c3ccccc3)c2c1C=C. The van der Waals surface area contributed by atoms with Crippen molar-refractivity contribution in [2.24, 2.45) is 0 Å². The second kappa shape index (κ2) is 10.8. The number of aromatic nitrogens is 2. The van der Waals surface area contributed by atoms with Gasteiger partial charge in [0.25, 0.3) is 0 Å². The van der Waals surface area contributed by atoms with Crippen molar-refractivity contribution >= 4 is 66.5 Å². The molecule has 0 unspecified atom stereocenters. The van der Waals surface area contributed by atoms with Crippen LogP contribution in [-0.4, -0.2) is 9.13 Å². The first-order chi connectivity index (χ1) is 25.7. The molecule has 0 N–H and O–H groups in total. The Labute approximate surface area is 301 Å². The second-order valence-electron chi connectivity index (χ2n) is 13.8. The van der Waals surface area contributed by atoms with Crippen molar-refractivity contribution in [2.45, 2.75) is 0 Å². The van der Waals surface area contributed by atoms with E-state index in [9.17, 15) is 0 Å². The zero-order chi connectivity index (χ0) is 34.5. The molecule has 1 aliphatic carbocycles. The number of benzene rings is 8. The number of fused-ring (bicyclic) bond motifs is 9. The standard InChI is InChI=1S/C50H32N2/c1-3-31-20-25-43-45-28-33(22-27-47(45)52(50(43)37(31)4-2)35-14-6-5-7-15-35)34-21-24-40-39-16-8-9-19-46(39)51(48(40)29-34)36-23-26-38-41-17-10-12-32-13-11-18-42(49(32)41)44(38)30-36/h3-30H,1-2H2. The van der Waals surface area contributed by atoms with Gasteiger partial charge in [0.2, 0.25) is 0 Å². The van der Waals surface area contributed by atoms with Gasteiger partial charge in [0.1, 0.15) is 0 Å². The number of rotatable bonds is 5. The van der Waals surface area contributed by atoms with E-state index >= 15 is 0 Å². The molecule has 0 radical (unpaired) electrons. The molecule has 52 heavy (non-hydrogen) atoms. The lowest BCUT2D eigenvalue weighted by molar-refractivity contribution is 1.18. The fourth-order valence-electron chi connectivity index (χ4n) is 8.91. The highest BCUT2D eigenvalue weighted by molar-refractivity contribution is 6.17. The number of para-hydroxylation sites is 2.